The highest BCUT2D eigenvalue weighted by Gasteiger charge is 2.27. The van der Waals surface area contributed by atoms with Crippen LogP contribution in [0.5, 0.6) is 0 Å². The lowest BCUT2D eigenvalue weighted by molar-refractivity contribution is -0.123. The Hall–Kier alpha value is -0.500. The predicted octanol–water partition coefficient (Wildman–Crippen LogP) is 11.4. The zero-order chi connectivity index (χ0) is 36.1. The van der Waals surface area contributed by atoms with Gasteiger partial charge in [0.1, 0.15) is 0 Å². The molecule has 0 aliphatic rings. The van der Waals surface area contributed by atoms with Gasteiger partial charge < -0.3 is 21.1 Å². The first-order chi connectivity index (χ1) is 23.9. The summed E-state index contributed by atoms with van der Waals surface area (Å²) in [5, 5.41) is 13.8. The second-order valence-electron chi connectivity index (χ2n) is 14.6. The van der Waals surface area contributed by atoms with E-state index in [1.54, 1.807) is 0 Å². The fourth-order valence-electron chi connectivity index (χ4n) is 6.49. The largest absolute Gasteiger partial charge is 0.472 e. The third-order valence-electron chi connectivity index (χ3n) is 9.71. The third-order valence-corrected chi connectivity index (χ3v) is 10.7. The summed E-state index contributed by atoms with van der Waals surface area (Å²) >= 11 is 0. The molecule has 0 aromatic carbocycles. The Morgan fingerprint density at radius 3 is 1.31 bits per heavy atom. The number of aliphatic hydroxyl groups excluding tert-OH is 1. The molecule has 0 aliphatic heterocycles. The van der Waals surface area contributed by atoms with Crippen LogP contribution in [0.2, 0.25) is 0 Å². The van der Waals surface area contributed by atoms with Gasteiger partial charge in [-0.2, -0.15) is 0 Å². The van der Waals surface area contributed by atoms with E-state index in [9.17, 15) is 19.4 Å². The molecule has 0 bridgehead atoms. The summed E-state index contributed by atoms with van der Waals surface area (Å²) in [6, 6.07) is -0.766. The van der Waals surface area contributed by atoms with Crippen LogP contribution >= 0.6 is 7.82 Å². The number of carbonyl (C=O) groups excluding carboxylic acids is 1. The molecular weight excluding hydrogens is 635 g/mol. The Kier molecular flexibility index (Phi) is 36.9. The molecule has 0 spiro atoms. The van der Waals surface area contributed by atoms with Gasteiger partial charge in [-0.1, -0.05) is 200 Å². The maximum Gasteiger partial charge on any atom is 0.472 e. The molecule has 0 saturated carbocycles. The number of aliphatic hydroxyl groups is 1. The van der Waals surface area contributed by atoms with Crippen molar-refractivity contribution in [3.05, 3.63) is 0 Å². The van der Waals surface area contributed by atoms with E-state index in [2.05, 4.69) is 19.2 Å². The van der Waals surface area contributed by atoms with Crippen LogP contribution in [-0.4, -0.2) is 47.8 Å². The molecule has 5 N–H and O–H groups in total. The maximum atomic E-state index is 12.7. The van der Waals surface area contributed by atoms with Crippen molar-refractivity contribution in [2.24, 2.45) is 5.73 Å². The van der Waals surface area contributed by atoms with Crippen molar-refractivity contribution in [1.82, 2.24) is 5.32 Å². The van der Waals surface area contributed by atoms with Crippen LogP contribution < -0.4 is 11.1 Å². The molecule has 0 saturated heterocycles. The minimum Gasteiger partial charge on any atom is -0.391 e. The highest BCUT2D eigenvalue weighted by molar-refractivity contribution is 7.47. The van der Waals surface area contributed by atoms with Crippen LogP contribution in [0.15, 0.2) is 0 Å². The monoisotopic (exact) mass is 719 g/mol. The molecule has 3 atom stereocenters. The van der Waals surface area contributed by atoms with E-state index >= 15 is 0 Å². The average Bonchev–Trinajstić information content (AvgIpc) is 3.09. The maximum absolute atomic E-state index is 12.7. The van der Waals surface area contributed by atoms with Crippen LogP contribution in [-0.2, 0) is 18.4 Å². The lowest BCUT2D eigenvalue weighted by atomic mass is 10.0. The van der Waals surface area contributed by atoms with E-state index in [-0.39, 0.29) is 25.7 Å². The molecule has 0 radical (unpaired) electrons. The lowest BCUT2D eigenvalue weighted by Crippen LogP contribution is -2.46. The number of phosphoric ester groups is 1. The Morgan fingerprint density at radius 1 is 0.592 bits per heavy atom. The first-order valence-electron chi connectivity index (χ1n) is 21.2. The number of nitrogens with two attached hydrogens (primary N) is 1. The van der Waals surface area contributed by atoms with Crippen molar-refractivity contribution in [2.75, 3.05) is 19.8 Å². The van der Waals surface area contributed by atoms with Gasteiger partial charge in [-0.15, -0.1) is 0 Å². The van der Waals surface area contributed by atoms with E-state index < -0.39 is 20.0 Å². The summed E-state index contributed by atoms with van der Waals surface area (Å²) in [6.07, 6.45) is 38.2. The number of hydrogen-bond acceptors (Lipinski definition) is 6. The molecule has 49 heavy (non-hydrogen) atoms. The fraction of sp³-hybridized carbons (Fsp3) is 0.975. The zero-order valence-corrected chi connectivity index (χ0v) is 33.3. The van der Waals surface area contributed by atoms with Crippen LogP contribution in [0, 0.1) is 0 Å². The zero-order valence-electron chi connectivity index (χ0n) is 32.5. The number of phosphoric acid groups is 1. The number of rotatable bonds is 40. The van der Waals surface area contributed by atoms with E-state index in [0.717, 1.165) is 38.5 Å². The number of carbonyl (C=O) groups is 1. The molecule has 1 amide bonds. The predicted molar refractivity (Wildman–Crippen MR) is 208 cm³/mol. The highest BCUT2D eigenvalue weighted by atomic mass is 31.2. The quantitative estimate of drug-likeness (QED) is 0.0366. The number of unbranched alkanes of at least 4 members (excludes halogenated alkanes) is 28. The second kappa shape index (κ2) is 37.3. The molecule has 0 fully saturated rings. The van der Waals surface area contributed by atoms with Gasteiger partial charge in [0.25, 0.3) is 0 Å². The minimum atomic E-state index is -4.30. The Balaban J connectivity index is 4.14. The number of nitrogens with one attached hydrogen (secondary N) is 1. The summed E-state index contributed by atoms with van der Waals surface area (Å²) < 4.78 is 22.1. The smallest absolute Gasteiger partial charge is 0.391 e. The number of hydrogen-bond donors (Lipinski definition) is 4. The summed E-state index contributed by atoms with van der Waals surface area (Å²) in [6.45, 7) is 4.23. The topological polar surface area (TPSA) is 131 Å². The molecule has 0 rings (SSSR count). The highest BCUT2D eigenvalue weighted by Crippen LogP contribution is 2.43. The molecular formula is C40H83N2O6P. The summed E-state index contributed by atoms with van der Waals surface area (Å²) in [5.74, 6) is -0.158. The molecule has 8 nitrogen and oxygen atoms in total. The molecule has 0 aliphatic carbocycles. The van der Waals surface area contributed by atoms with Crippen molar-refractivity contribution in [2.45, 2.75) is 231 Å². The van der Waals surface area contributed by atoms with Gasteiger partial charge in [-0.25, -0.2) is 4.57 Å². The van der Waals surface area contributed by atoms with Crippen LogP contribution in [0.1, 0.15) is 219 Å². The van der Waals surface area contributed by atoms with Crippen molar-refractivity contribution in [3.8, 4) is 0 Å². The lowest BCUT2D eigenvalue weighted by Gasteiger charge is -2.25. The fourth-order valence-corrected chi connectivity index (χ4v) is 7.25. The van der Waals surface area contributed by atoms with Gasteiger partial charge in [0.2, 0.25) is 5.91 Å². The van der Waals surface area contributed by atoms with Gasteiger partial charge in [-0.3, -0.25) is 13.8 Å². The van der Waals surface area contributed by atoms with Gasteiger partial charge >= 0.3 is 7.82 Å². The second-order valence-corrected chi connectivity index (χ2v) is 16.0. The van der Waals surface area contributed by atoms with Crippen molar-refractivity contribution in [3.63, 3.8) is 0 Å². The average molecular weight is 719 g/mol. The van der Waals surface area contributed by atoms with Gasteiger partial charge in [0.15, 0.2) is 0 Å². The Labute approximate surface area is 303 Å². The van der Waals surface area contributed by atoms with Gasteiger partial charge in [0, 0.05) is 13.0 Å². The van der Waals surface area contributed by atoms with E-state index in [1.165, 1.54) is 154 Å². The first kappa shape index (κ1) is 48.5. The van der Waals surface area contributed by atoms with E-state index in [1.807, 2.05) is 0 Å². The van der Waals surface area contributed by atoms with Gasteiger partial charge in [-0.05, 0) is 12.8 Å². The third kappa shape index (κ3) is 35.7. The van der Waals surface area contributed by atoms with E-state index in [0.29, 0.717) is 12.8 Å². The molecule has 0 aromatic heterocycles. The standard InChI is InChI=1S/C40H83N2O6P/c1-3-5-7-9-11-13-15-17-19-20-22-24-26-28-30-32-34-40(44)42-38(37-48-49(45,46)47-36-35-41)39(43)33-31-29-27-25-23-21-18-16-14-12-10-8-6-4-2/h38-39,43H,3-37,41H2,1-2H3,(H,42,44)(H,45,46)/t38-,39+/m0/s1. The molecule has 9 heteroatoms. The van der Waals surface area contributed by atoms with Crippen molar-refractivity contribution in [1.29, 1.82) is 0 Å². The molecule has 0 heterocycles. The van der Waals surface area contributed by atoms with Crippen LogP contribution in [0.4, 0.5) is 0 Å². The first-order valence-corrected chi connectivity index (χ1v) is 22.6. The Morgan fingerprint density at radius 2 is 0.939 bits per heavy atom. The van der Waals surface area contributed by atoms with Crippen LogP contribution in [0.3, 0.4) is 0 Å². The summed E-state index contributed by atoms with van der Waals surface area (Å²) in [5.41, 5.74) is 5.37. The summed E-state index contributed by atoms with van der Waals surface area (Å²) in [4.78, 5) is 22.7. The van der Waals surface area contributed by atoms with Crippen molar-refractivity contribution < 1.29 is 28.4 Å². The number of amides is 1. The van der Waals surface area contributed by atoms with Crippen molar-refractivity contribution >= 4 is 13.7 Å². The van der Waals surface area contributed by atoms with Crippen LogP contribution in [0.25, 0.3) is 0 Å². The molecule has 1 unspecified atom stereocenters. The Bertz CT molecular complexity index is 744. The molecule has 0 aromatic rings. The summed E-state index contributed by atoms with van der Waals surface area (Å²) in [7, 11) is -4.30. The molecule has 294 valence electrons. The SMILES string of the molecule is CCCCCCCCCCCCCCCCCCC(=O)N[C@@H](COP(=O)(O)OCCN)[C@H](O)CCCCCCCCCCCCCCCC. The van der Waals surface area contributed by atoms with E-state index in [4.69, 9.17) is 14.8 Å². The van der Waals surface area contributed by atoms with Gasteiger partial charge in [0.05, 0.1) is 25.4 Å². The normalized spacial score (nSPS) is 14.1. The minimum absolute atomic E-state index is 0.0924.